The maximum Gasteiger partial charge on any atom is 0.244 e. The van der Waals surface area contributed by atoms with Gasteiger partial charge >= 0.3 is 0 Å². The van der Waals surface area contributed by atoms with Crippen LogP contribution in [0.3, 0.4) is 0 Å². The minimum Gasteiger partial charge on any atom is -0.323 e. The molecule has 2 aliphatic rings. The first-order valence-corrected chi connectivity index (χ1v) is 8.14. The third-order valence-corrected chi connectivity index (χ3v) is 4.91. The molecule has 1 saturated carbocycles. The van der Waals surface area contributed by atoms with E-state index in [-0.39, 0.29) is 11.7 Å². The summed E-state index contributed by atoms with van der Waals surface area (Å²) in [5.41, 5.74) is -0.206. The van der Waals surface area contributed by atoms with Crippen molar-refractivity contribution in [2.24, 2.45) is 5.92 Å². The molecule has 1 saturated heterocycles. The second kappa shape index (κ2) is 5.82. The summed E-state index contributed by atoms with van der Waals surface area (Å²) >= 11 is 0. The van der Waals surface area contributed by atoms with Crippen LogP contribution in [0.4, 0.5) is 0 Å². The van der Waals surface area contributed by atoms with Crippen molar-refractivity contribution in [3.05, 3.63) is 0 Å². The van der Waals surface area contributed by atoms with Crippen molar-refractivity contribution < 1.29 is 4.79 Å². The van der Waals surface area contributed by atoms with Gasteiger partial charge in [0.25, 0.3) is 0 Å². The van der Waals surface area contributed by atoms with Crippen LogP contribution in [-0.4, -0.2) is 28.6 Å². The number of hydrogen-bond acceptors (Lipinski definition) is 2. The van der Waals surface area contributed by atoms with Crippen LogP contribution in [0.1, 0.15) is 72.6 Å². The highest BCUT2D eigenvalue weighted by atomic mass is 16.2. The average Bonchev–Trinajstić information content (AvgIpc) is 2.92. The average molecular weight is 266 g/mol. The Balaban J connectivity index is 2.22. The Bertz CT molecular complexity index is 317. The lowest BCUT2D eigenvalue weighted by atomic mass is 9.97. The molecule has 2 fully saturated rings. The van der Waals surface area contributed by atoms with Gasteiger partial charge in [-0.25, -0.2) is 0 Å². The zero-order valence-corrected chi connectivity index (χ0v) is 13.0. The molecule has 0 bridgehead atoms. The van der Waals surface area contributed by atoms with E-state index < -0.39 is 0 Å². The number of amides is 1. The van der Waals surface area contributed by atoms with E-state index in [0.29, 0.717) is 17.9 Å². The van der Waals surface area contributed by atoms with Crippen molar-refractivity contribution in [2.45, 2.75) is 90.4 Å². The molecule has 0 aromatic carbocycles. The molecule has 1 aliphatic carbocycles. The number of rotatable bonds is 5. The van der Waals surface area contributed by atoms with Crippen LogP contribution >= 0.6 is 0 Å². The monoisotopic (exact) mass is 266 g/mol. The quantitative estimate of drug-likeness (QED) is 0.828. The lowest BCUT2D eigenvalue weighted by Gasteiger charge is -2.32. The van der Waals surface area contributed by atoms with Gasteiger partial charge in [-0.3, -0.25) is 10.1 Å². The fraction of sp³-hybridized carbons (Fsp3) is 0.938. The van der Waals surface area contributed by atoms with E-state index >= 15 is 0 Å². The van der Waals surface area contributed by atoms with E-state index in [0.717, 1.165) is 32.1 Å². The normalized spacial score (nSPS) is 26.3. The molecule has 0 aromatic heterocycles. The van der Waals surface area contributed by atoms with Crippen LogP contribution in [0.5, 0.6) is 0 Å². The first-order chi connectivity index (χ1) is 9.04. The topological polar surface area (TPSA) is 32.3 Å². The molecule has 1 aliphatic heterocycles. The lowest BCUT2D eigenvalue weighted by Crippen LogP contribution is -2.45. The third kappa shape index (κ3) is 2.67. The van der Waals surface area contributed by atoms with Gasteiger partial charge in [-0.2, -0.15) is 0 Å². The Kier molecular flexibility index (Phi) is 4.54. The van der Waals surface area contributed by atoms with Crippen LogP contribution in [-0.2, 0) is 4.79 Å². The summed E-state index contributed by atoms with van der Waals surface area (Å²) in [6.07, 6.45) is 7.94. The molecule has 110 valence electrons. The molecule has 1 amide bonds. The van der Waals surface area contributed by atoms with Crippen molar-refractivity contribution >= 4 is 5.91 Å². The van der Waals surface area contributed by atoms with Crippen LogP contribution in [0.2, 0.25) is 0 Å². The van der Waals surface area contributed by atoms with Crippen molar-refractivity contribution in [1.29, 1.82) is 0 Å². The Morgan fingerprint density at radius 3 is 2.32 bits per heavy atom. The Hall–Kier alpha value is -0.570. The van der Waals surface area contributed by atoms with Crippen molar-refractivity contribution in [2.75, 3.05) is 0 Å². The van der Waals surface area contributed by atoms with E-state index in [9.17, 15) is 4.79 Å². The first-order valence-electron chi connectivity index (χ1n) is 8.14. The highest BCUT2D eigenvalue weighted by Crippen LogP contribution is 2.39. The molecule has 1 atom stereocenters. The van der Waals surface area contributed by atoms with E-state index in [1.165, 1.54) is 12.8 Å². The van der Waals surface area contributed by atoms with Gasteiger partial charge in [0.1, 0.15) is 0 Å². The van der Waals surface area contributed by atoms with Gasteiger partial charge in [-0.05, 0) is 38.0 Å². The van der Waals surface area contributed by atoms with Gasteiger partial charge in [0.2, 0.25) is 5.91 Å². The molecule has 0 radical (unpaired) electrons. The zero-order chi connectivity index (χ0) is 14.0. The molecule has 3 heteroatoms. The molecule has 3 nitrogen and oxygen atoms in total. The van der Waals surface area contributed by atoms with Crippen molar-refractivity contribution in [3.8, 4) is 0 Å². The zero-order valence-electron chi connectivity index (χ0n) is 13.0. The molecular formula is C16H30N2O. The summed E-state index contributed by atoms with van der Waals surface area (Å²) in [5.74, 6) is 1.02. The highest BCUT2D eigenvalue weighted by Gasteiger charge is 2.53. The molecule has 1 heterocycles. The van der Waals surface area contributed by atoms with Gasteiger partial charge in [0, 0.05) is 6.04 Å². The predicted octanol–water partition coefficient (Wildman–Crippen LogP) is 3.29. The van der Waals surface area contributed by atoms with E-state index in [1.54, 1.807) is 0 Å². The summed E-state index contributed by atoms with van der Waals surface area (Å²) in [7, 11) is 0. The van der Waals surface area contributed by atoms with Gasteiger partial charge < -0.3 is 4.90 Å². The number of carbonyl (C=O) groups excluding carboxylic acids is 1. The fourth-order valence-corrected chi connectivity index (χ4v) is 3.90. The standard InChI is InChI=1S/C16H30N2O/c1-5-13(6-2)18-14(11-12(3)4)17-16(15(18)19)9-7-8-10-16/h12-14,17H,5-11H2,1-4H3. The molecule has 1 unspecified atom stereocenters. The van der Waals surface area contributed by atoms with E-state index in [4.69, 9.17) is 0 Å². The van der Waals surface area contributed by atoms with Gasteiger partial charge in [0.15, 0.2) is 0 Å². The summed E-state index contributed by atoms with van der Waals surface area (Å²) < 4.78 is 0. The van der Waals surface area contributed by atoms with Crippen LogP contribution < -0.4 is 5.32 Å². The number of nitrogens with one attached hydrogen (secondary N) is 1. The Labute approximate surface area is 118 Å². The molecular weight excluding hydrogens is 236 g/mol. The number of carbonyl (C=O) groups is 1. The fourth-order valence-electron chi connectivity index (χ4n) is 3.90. The van der Waals surface area contributed by atoms with Crippen LogP contribution in [0.25, 0.3) is 0 Å². The first kappa shape index (κ1) is 14.8. The summed E-state index contributed by atoms with van der Waals surface area (Å²) in [6.45, 7) is 8.90. The molecule has 1 N–H and O–H groups in total. The molecule has 2 rings (SSSR count). The largest absolute Gasteiger partial charge is 0.323 e. The number of hydrogen-bond donors (Lipinski definition) is 1. The Morgan fingerprint density at radius 2 is 1.84 bits per heavy atom. The van der Waals surface area contributed by atoms with Gasteiger partial charge in [-0.15, -0.1) is 0 Å². The third-order valence-electron chi connectivity index (χ3n) is 4.91. The minimum atomic E-state index is -0.206. The van der Waals surface area contributed by atoms with E-state index in [2.05, 4.69) is 37.9 Å². The highest BCUT2D eigenvalue weighted by molar-refractivity contribution is 5.89. The summed E-state index contributed by atoms with van der Waals surface area (Å²) in [4.78, 5) is 15.1. The maximum absolute atomic E-state index is 12.9. The van der Waals surface area contributed by atoms with Gasteiger partial charge in [-0.1, -0.05) is 40.5 Å². The number of nitrogens with zero attached hydrogens (tertiary/aromatic N) is 1. The van der Waals surface area contributed by atoms with Gasteiger partial charge in [0.05, 0.1) is 11.7 Å². The lowest BCUT2D eigenvalue weighted by molar-refractivity contribution is -0.135. The van der Waals surface area contributed by atoms with E-state index in [1.807, 2.05) is 0 Å². The molecule has 1 spiro atoms. The summed E-state index contributed by atoms with van der Waals surface area (Å²) in [6, 6.07) is 0.406. The van der Waals surface area contributed by atoms with Crippen LogP contribution in [0.15, 0.2) is 0 Å². The molecule has 19 heavy (non-hydrogen) atoms. The Morgan fingerprint density at radius 1 is 1.26 bits per heavy atom. The second-order valence-electron chi connectivity index (χ2n) is 6.76. The molecule has 0 aromatic rings. The maximum atomic E-state index is 12.9. The smallest absolute Gasteiger partial charge is 0.244 e. The summed E-state index contributed by atoms with van der Waals surface area (Å²) in [5, 5.41) is 3.72. The van der Waals surface area contributed by atoms with Crippen molar-refractivity contribution in [1.82, 2.24) is 10.2 Å². The predicted molar refractivity (Wildman–Crippen MR) is 78.8 cm³/mol. The minimum absolute atomic E-state index is 0.206. The van der Waals surface area contributed by atoms with Crippen molar-refractivity contribution in [3.63, 3.8) is 0 Å². The second-order valence-corrected chi connectivity index (χ2v) is 6.76. The SMILES string of the molecule is CCC(CC)N1C(=O)C2(CCCC2)NC1CC(C)C. The van der Waals surface area contributed by atoms with Crippen LogP contribution in [0, 0.1) is 5.92 Å².